The largest absolute Gasteiger partial charge is 0.497 e. The summed E-state index contributed by atoms with van der Waals surface area (Å²) in [6.07, 6.45) is 1.73. The second-order valence-electron chi connectivity index (χ2n) is 6.45. The molecule has 0 saturated carbocycles. The molecule has 0 aliphatic carbocycles. The first-order chi connectivity index (χ1) is 13.2. The van der Waals surface area contributed by atoms with E-state index in [0.717, 1.165) is 21.9 Å². The lowest BCUT2D eigenvalue weighted by Crippen LogP contribution is -2.48. The van der Waals surface area contributed by atoms with Gasteiger partial charge in [0.2, 0.25) is 15.9 Å². The number of anilines is 1. The van der Waals surface area contributed by atoms with Gasteiger partial charge in [-0.3, -0.25) is 9.10 Å². The smallest absolute Gasteiger partial charge is 0.244 e. The van der Waals surface area contributed by atoms with Gasteiger partial charge in [0, 0.05) is 5.02 Å². The second kappa shape index (κ2) is 9.30. The van der Waals surface area contributed by atoms with E-state index in [1.165, 1.54) is 0 Å². The molecule has 6 nitrogen and oxygen atoms in total. The highest BCUT2D eigenvalue weighted by atomic mass is 35.5. The molecule has 0 radical (unpaired) electrons. The molecule has 152 valence electrons. The average Bonchev–Trinajstić information content (AvgIpc) is 2.66. The lowest BCUT2D eigenvalue weighted by Gasteiger charge is -2.29. The fraction of sp³-hybridized carbons (Fsp3) is 0.350. The van der Waals surface area contributed by atoms with Crippen LogP contribution in [0, 0.1) is 0 Å². The van der Waals surface area contributed by atoms with Crippen LogP contribution in [0.4, 0.5) is 5.69 Å². The molecule has 0 spiro atoms. The zero-order valence-electron chi connectivity index (χ0n) is 16.3. The van der Waals surface area contributed by atoms with Crippen LogP contribution in [0.3, 0.4) is 0 Å². The molecule has 28 heavy (non-hydrogen) atoms. The minimum Gasteiger partial charge on any atom is -0.497 e. The van der Waals surface area contributed by atoms with E-state index in [-0.39, 0.29) is 11.9 Å². The Bertz CT molecular complexity index is 899. The quantitative estimate of drug-likeness (QED) is 0.699. The van der Waals surface area contributed by atoms with Gasteiger partial charge in [0.15, 0.2) is 0 Å². The van der Waals surface area contributed by atoms with Gasteiger partial charge in [0.05, 0.1) is 25.1 Å². The van der Waals surface area contributed by atoms with Crippen molar-refractivity contribution in [2.75, 3.05) is 17.7 Å². The minimum atomic E-state index is -3.68. The highest BCUT2D eigenvalue weighted by Crippen LogP contribution is 2.24. The highest BCUT2D eigenvalue weighted by Gasteiger charge is 2.30. The van der Waals surface area contributed by atoms with E-state index in [9.17, 15) is 13.2 Å². The van der Waals surface area contributed by atoms with Crippen molar-refractivity contribution in [3.05, 3.63) is 59.1 Å². The maximum Gasteiger partial charge on any atom is 0.244 e. The summed E-state index contributed by atoms with van der Waals surface area (Å²) in [7, 11) is -2.09. The Labute approximate surface area is 171 Å². The van der Waals surface area contributed by atoms with Crippen LogP contribution in [0.5, 0.6) is 5.75 Å². The van der Waals surface area contributed by atoms with Crippen molar-refractivity contribution in [1.82, 2.24) is 5.32 Å². The van der Waals surface area contributed by atoms with Gasteiger partial charge < -0.3 is 10.1 Å². The molecule has 0 aliphatic rings. The third kappa shape index (κ3) is 5.39. The fourth-order valence-electron chi connectivity index (χ4n) is 2.95. The number of hydrogen-bond donors (Lipinski definition) is 1. The van der Waals surface area contributed by atoms with Crippen molar-refractivity contribution >= 4 is 33.2 Å². The SMILES string of the molecule is CCC(NC(=O)C(C)N(c1ccc(Cl)cc1)S(C)(=O)=O)c1ccc(OC)cc1. The topological polar surface area (TPSA) is 75.7 Å². The summed E-state index contributed by atoms with van der Waals surface area (Å²) in [4.78, 5) is 12.9. The van der Waals surface area contributed by atoms with E-state index in [2.05, 4.69) is 5.32 Å². The van der Waals surface area contributed by atoms with Gasteiger partial charge in [-0.05, 0) is 55.3 Å². The molecule has 1 amide bonds. The third-order valence-corrected chi connectivity index (χ3v) is 5.91. The van der Waals surface area contributed by atoms with Crippen molar-refractivity contribution in [1.29, 1.82) is 0 Å². The predicted octanol–water partition coefficient (Wildman–Crippen LogP) is 3.77. The van der Waals surface area contributed by atoms with Crippen molar-refractivity contribution in [3.8, 4) is 5.75 Å². The Balaban J connectivity index is 2.24. The van der Waals surface area contributed by atoms with E-state index in [1.807, 2.05) is 31.2 Å². The number of benzene rings is 2. The summed E-state index contributed by atoms with van der Waals surface area (Å²) in [5.41, 5.74) is 1.30. The van der Waals surface area contributed by atoms with Crippen molar-refractivity contribution in [3.63, 3.8) is 0 Å². The number of nitrogens with zero attached hydrogens (tertiary/aromatic N) is 1. The van der Waals surface area contributed by atoms with Gasteiger partial charge in [0.25, 0.3) is 0 Å². The summed E-state index contributed by atoms with van der Waals surface area (Å²) >= 11 is 5.89. The van der Waals surface area contributed by atoms with E-state index in [4.69, 9.17) is 16.3 Å². The lowest BCUT2D eigenvalue weighted by molar-refractivity contribution is -0.122. The second-order valence-corrected chi connectivity index (χ2v) is 8.75. The molecule has 0 saturated heterocycles. The van der Waals surface area contributed by atoms with Crippen LogP contribution in [0.25, 0.3) is 0 Å². The molecule has 0 fully saturated rings. The molecule has 2 rings (SSSR count). The standard InChI is InChI=1S/C20H25ClN2O4S/c1-5-19(15-6-12-18(27-3)13-7-15)22-20(24)14(2)23(28(4,25)26)17-10-8-16(21)9-11-17/h6-14,19H,5H2,1-4H3,(H,22,24). The zero-order chi connectivity index (χ0) is 20.9. The number of ether oxygens (including phenoxy) is 1. The van der Waals surface area contributed by atoms with Gasteiger partial charge >= 0.3 is 0 Å². The zero-order valence-corrected chi connectivity index (χ0v) is 17.9. The molecule has 0 bridgehead atoms. The lowest BCUT2D eigenvalue weighted by atomic mass is 10.0. The predicted molar refractivity (Wildman–Crippen MR) is 112 cm³/mol. The van der Waals surface area contributed by atoms with E-state index in [1.54, 1.807) is 38.3 Å². The van der Waals surface area contributed by atoms with Crippen LogP contribution in [0.1, 0.15) is 31.9 Å². The fourth-order valence-corrected chi connectivity index (χ4v) is 4.25. The average molecular weight is 425 g/mol. The van der Waals surface area contributed by atoms with Crippen LogP contribution < -0.4 is 14.4 Å². The number of amides is 1. The molecule has 1 N–H and O–H groups in total. The Hall–Kier alpha value is -2.25. The Morgan fingerprint density at radius 2 is 1.71 bits per heavy atom. The summed E-state index contributed by atoms with van der Waals surface area (Å²) in [5, 5.41) is 3.43. The van der Waals surface area contributed by atoms with Crippen molar-refractivity contribution in [2.45, 2.75) is 32.4 Å². The monoisotopic (exact) mass is 424 g/mol. The molecule has 2 aromatic carbocycles. The first kappa shape index (κ1) is 22.0. The number of hydrogen-bond acceptors (Lipinski definition) is 4. The molecule has 8 heteroatoms. The molecule has 2 unspecified atom stereocenters. The van der Waals surface area contributed by atoms with E-state index >= 15 is 0 Å². The maximum absolute atomic E-state index is 12.9. The number of methoxy groups -OCH3 is 1. The number of sulfonamides is 1. The number of rotatable bonds is 8. The van der Waals surface area contributed by atoms with Gasteiger partial charge in [-0.1, -0.05) is 30.7 Å². The van der Waals surface area contributed by atoms with E-state index < -0.39 is 16.1 Å². The molecule has 0 aliphatic heterocycles. The van der Waals surface area contributed by atoms with Crippen LogP contribution >= 0.6 is 11.6 Å². The Morgan fingerprint density at radius 3 is 2.18 bits per heavy atom. The molecular weight excluding hydrogens is 400 g/mol. The molecule has 2 atom stereocenters. The first-order valence-corrected chi connectivity index (χ1v) is 11.1. The summed E-state index contributed by atoms with van der Waals surface area (Å²) in [6.45, 7) is 3.51. The first-order valence-electron chi connectivity index (χ1n) is 8.86. The molecular formula is C20H25ClN2O4S. The number of nitrogens with one attached hydrogen (secondary N) is 1. The maximum atomic E-state index is 12.9. The van der Waals surface area contributed by atoms with Crippen LogP contribution in [-0.4, -0.2) is 33.7 Å². The van der Waals surface area contributed by atoms with Crippen LogP contribution in [0.15, 0.2) is 48.5 Å². The van der Waals surface area contributed by atoms with Crippen molar-refractivity contribution < 1.29 is 17.9 Å². The van der Waals surface area contributed by atoms with Crippen molar-refractivity contribution in [2.24, 2.45) is 0 Å². The van der Waals surface area contributed by atoms with Gasteiger partial charge in [-0.25, -0.2) is 8.42 Å². The Kier molecular flexibility index (Phi) is 7.32. The third-order valence-electron chi connectivity index (χ3n) is 4.41. The normalized spacial score (nSPS) is 13.5. The summed E-state index contributed by atoms with van der Waals surface area (Å²) in [6, 6.07) is 12.6. The highest BCUT2D eigenvalue weighted by molar-refractivity contribution is 7.92. The summed E-state index contributed by atoms with van der Waals surface area (Å²) < 4.78 is 31.0. The van der Waals surface area contributed by atoms with Crippen LogP contribution in [0.2, 0.25) is 5.02 Å². The van der Waals surface area contributed by atoms with E-state index in [0.29, 0.717) is 17.1 Å². The number of carbonyl (C=O) groups is 1. The van der Waals surface area contributed by atoms with Gasteiger partial charge in [0.1, 0.15) is 11.8 Å². The Morgan fingerprint density at radius 1 is 1.14 bits per heavy atom. The number of halogens is 1. The summed E-state index contributed by atoms with van der Waals surface area (Å²) in [5.74, 6) is 0.340. The molecule has 0 aromatic heterocycles. The van der Waals surface area contributed by atoms with Crippen LogP contribution in [-0.2, 0) is 14.8 Å². The van der Waals surface area contributed by atoms with Gasteiger partial charge in [-0.15, -0.1) is 0 Å². The molecule has 2 aromatic rings. The molecule has 0 heterocycles. The minimum absolute atomic E-state index is 0.243. The van der Waals surface area contributed by atoms with Gasteiger partial charge in [-0.2, -0.15) is 0 Å². The number of carbonyl (C=O) groups excluding carboxylic acids is 1.